The van der Waals surface area contributed by atoms with Crippen LogP contribution in [0.15, 0.2) is 6.33 Å². The maximum atomic E-state index is 9.87. The van der Waals surface area contributed by atoms with Crippen LogP contribution in [0.3, 0.4) is 0 Å². The van der Waals surface area contributed by atoms with E-state index in [0.29, 0.717) is 5.92 Å². The predicted octanol–water partition coefficient (Wildman–Crippen LogP) is 1.95. The van der Waals surface area contributed by atoms with Crippen molar-refractivity contribution in [1.29, 1.82) is 0 Å². The molecule has 2 heterocycles. The third-order valence-corrected chi connectivity index (χ3v) is 4.51. The van der Waals surface area contributed by atoms with Crippen LogP contribution in [0.5, 0.6) is 0 Å². The summed E-state index contributed by atoms with van der Waals surface area (Å²) in [5.74, 6) is 1.45. The van der Waals surface area contributed by atoms with Gasteiger partial charge in [0.25, 0.3) is 0 Å². The summed E-state index contributed by atoms with van der Waals surface area (Å²) in [6, 6.07) is 0. The lowest BCUT2D eigenvalue weighted by Crippen LogP contribution is -2.42. The highest BCUT2D eigenvalue weighted by atomic mass is 16.3. The van der Waals surface area contributed by atoms with Crippen LogP contribution >= 0.6 is 0 Å². The van der Waals surface area contributed by atoms with Crippen molar-refractivity contribution in [2.75, 3.05) is 18.0 Å². The van der Waals surface area contributed by atoms with E-state index in [1.807, 2.05) is 0 Å². The second kappa shape index (κ2) is 5.45. The first-order valence-electron chi connectivity index (χ1n) is 7.51. The molecule has 4 nitrogen and oxygen atoms in total. The quantitative estimate of drug-likeness (QED) is 0.785. The normalized spacial score (nSPS) is 27.8. The number of piperidine rings is 1. The van der Waals surface area contributed by atoms with E-state index in [1.165, 1.54) is 30.5 Å². The van der Waals surface area contributed by atoms with Gasteiger partial charge in [-0.1, -0.05) is 13.3 Å². The van der Waals surface area contributed by atoms with Gasteiger partial charge in [-0.25, -0.2) is 9.97 Å². The van der Waals surface area contributed by atoms with E-state index in [-0.39, 0.29) is 6.10 Å². The molecule has 3 rings (SSSR count). The van der Waals surface area contributed by atoms with Crippen molar-refractivity contribution >= 4 is 5.82 Å². The number of hydrogen-bond donors (Lipinski definition) is 1. The number of fused-ring (bicyclic) bond motifs is 1. The minimum Gasteiger partial charge on any atom is -0.393 e. The van der Waals surface area contributed by atoms with E-state index in [1.54, 1.807) is 6.33 Å². The molecular formula is C15H23N3O. The fourth-order valence-electron chi connectivity index (χ4n) is 3.28. The lowest BCUT2D eigenvalue weighted by Gasteiger charge is -2.36. The first-order valence-corrected chi connectivity index (χ1v) is 7.51. The molecule has 2 unspecified atom stereocenters. The second-order valence-electron chi connectivity index (χ2n) is 5.96. The Morgan fingerprint density at radius 1 is 1.21 bits per heavy atom. The molecular weight excluding hydrogens is 238 g/mol. The van der Waals surface area contributed by atoms with Crippen molar-refractivity contribution in [3.8, 4) is 0 Å². The molecule has 0 amide bonds. The average molecular weight is 261 g/mol. The molecule has 0 saturated carbocycles. The Morgan fingerprint density at radius 2 is 2.05 bits per heavy atom. The predicted molar refractivity (Wildman–Crippen MR) is 75.3 cm³/mol. The van der Waals surface area contributed by atoms with Crippen LogP contribution in [0.2, 0.25) is 0 Å². The van der Waals surface area contributed by atoms with Crippen LogP contribution in [-0.4, -0.2) is 34.3 Å². The standard InChI is InChI=1S/C15H23N3O/c1-11-9-18(8-7-14(11)19)15-12-5-3-2-4-6-13(12)16-10-17-15/h10-11,14,19H,2-9H2,1H3. The molecule has 19 heavy (non-hydrogen) atoms. The topological polar surface area (TPSA) is 49.2 Å². The third-order valence-electron chi connectivity index (χ3n) is 4.51. The van der Waals surface area contributed by atoms with Crippen molar-refractivity contribution in [2.24, 2.45) is 5.92 Å². The van der Waals surface area contributed by atoms with E-state index in [9.17, 15) is 5.11 Å². The fraction of sp³-hybridized carbons (Fsp3) is 0.733. The van der Waals surface area contributed by atoms with E-state index >= 15 is 0 Å². The summed E-state index contributed by atoms with van der Waals surface area (Å²) in [6.45, 7) is 3.94. The highest BCUT2D eigenvalue weighted by Crippen LogP contribution is 2.29. The highest BCUT2D eigenvalue weighted by molar-refractivity contribution is 5.49. The molecule has 0 radical (unpaired) electrons. The van der Waals surface area contributed by atoms with Crippen LogP contribution in [0.1, 0.15) is 43.9 Å². The van der Waals surface area contributed by atoms with E-state index in [0.717, 1.165) is 38.2 Å². The summed E-state index contributed by atoms with van der Waals surface area (Å²) in [7, 11) is 0. The Labute approximate surface area is 114 Å². The molecule has 4 heteroatoms. The number of hydrogen-bond acceptors (Lipinski definition) is 4. The Balaban J connectivity index is 1.88. The Morgan fingerprint density at radius 3 is 2.89 bits per heavy atom. The summed E-state index contributed by atoms with van der Waals surface area (Å²) in [5, 5.41) is 9.87. The monoisotopic (exact) mass is 261 g/mol. The molecule has 1 fully saturated rings. The lowest BCUT2D eigenvalue weighted by molar-refractivity contribution is 0.0968. The smallest absolute Gasteiger partial charge is 0.135 e. The van der Waals surface area contributed by atoms with Gasteiger partial charge in [0, 0.05) is 24.3 Å². The largest absolute Gasteiger partial charge is 0.393 e. The molecule has 1 saturated heterocycles. The molecule has 1 aliphatic carbocycles. The second-order valence-corrected chi connectivity index (χ2v) is 5.96. The first-order chi connectivity index (χ1) is 9.25. The van der Waals surface area contributed by atoms with Crippen molar-refractivity contribution in [1.82, 2.24) is 9.97 Å². The molecule has 2 aliphatic rings. The number of aliphatic hydroxyl groups excluding tert-OH is 1. The maximum absolute atomic E-state index is 9.87. The van der Waals surface area contributed by atoms with Gasteiger partial charge < -0.3 is 10.0 Å². The molecule has 0 aromatic carbocycles. The number of aliphatic hydroxyl groups is 1. The van der Waals surface area contributed by atoms with Gasteiger partial charge in [-0.3, -0.25) is 0 Å². The molecule has 104 valence electrons. The van der Waals surface area contributed by atoms with Gasteiger partial charge in [0.15, 0.2) is 0 Å². The van der Waals surface area contributed by atoms with Gasteiger partial charge >= 0.3 is 0 Å². The van der Waals surface area contributed by atoms with Gasteiger partial charge in [0.1, 0.15) is 12.1 Å². The first kappa shape index (κ1) is 12.9. The molecule has 0 bridgehead atoms. The van der Waals surface area contributed by atoms with Crippen molar-refractivity contribution in [2.45, 2.75) is 51.6 Å². The van der Waals surface area contributed by atoms with Crippen molar-refractivity contribution < 1.29 is 5.11 Å². The van der Waals surface area contributed by atoms with Crippen LogP contribution in [0, 0.1) is 5.92 Å². The number of anilines is 1. The Kier molecular flexibility index (Phi) is 3.69. The number of aromatic nitrogens is 2. The van der Waals surface area contributed by atoms with Gasteiger partial charge in [-0.2, -0.15) is 0 Å². The molecule has 1 aliphatic heterocycles. The van der Waals surface area contributed by atoms with Gasteiger partial charge in [0.05, 0.1) is 6.10 Å². The Hall–Kier alpha value is -1.16. The summed E-state index contributed by atoms with van der Waals surface area (Å²) in [6.07, 6.45) is 8.41. The Bertz CT molecular complexity index is 449. The molecule has 2 atom stereocenters. The van der Waals surface area contributed by atoms with E-state index in [4.69, 9.17) is 0 Å². The molecule has 1 aromatic rings. The van der Waals surface area contributed by atoms with Crippen LogP contribution in [0.4, 0.5) is 5.82 Å². The maximum Gasteiger partial charge on any atom is 0.135 e. The number of aryl methyl sites for hydroxylation is 1. The number of rotatable bonds is 1. The molecule has 1 N–H and O–H groups in total. The molecule has 0 spiro atoms. The minimum atomic E-state index is -0.156. The SMILES string of the molecule is CC1CN(c2ncnc3c2CCCCC3)CCC1O. The zero-order valence-electron chi connectivity index (χ0n) is 11.7. The van der Waals surface area contributed by atoms with Gasteiger partial charge in [0.2, 0.25) is 0 Å². The zero-order chi connectivity index (χ0) is 13.2. The van der Waals surface area contributed by atoms with Gasteiger partial charge in [-0.05, 0) is 38.0 Å². The average Bonchev–Trinajstić information content (AvgIpc) is 2.67. The van der Waals surface area contributed by atoms with E-state index < -0.39 is 0 Å². The lowest BCUT2D eigenvalue weighted by atomic mass is 9.96. The van der Waals surface area contributed by atoms with E-state index in [2.05, 4.69) is 21.8 Å². The van der Waals surface area contributed by atoms with Crippen molar-refractivity contribution in [3.05, 3.63) is 17.6 Å². The fourth-order valence-corrected chi connectivity index (χ4v) is 3.28. The molecule has 1 aromatic heterocycles. The zero-order valence-corrected chi connectivity index (χ0v) is 11.7. The van der Waals surface area contributed by atoms with Crippen LogP contribution < -0.4 is 4.90 Å². The van der Waals surface area contributed by atoms with Crippen molar-refractivity contribution in [3.63, 3.8) is 0 Å². The summed E-state index contributed by atoms with van der Waals surface area (Å²) in [4.78, 5) is 11.4. The highest BCUT2D eigenvalue weighted by Gasteiger charge is 2.27. The summed E-state index contributed by atoms with van der Waals surface area (Å²) >= 11 is 0. The van der Waals surface area contributed by atoms with Crippen LogP contribution in [0.25, 0.3) is 0 Å². The third kappa shape index (κ3) is 2.59. The number of nitrogens with zero attached hydrogens (tertiary/aromatic N) is 3. The van der Waals surface area contributed by atoms with Gasteiger partial charge in [-0.15, -0.1) is 0 Å². The summed E-state index contributed by atoms with van der Waals surface area (Å²) < 4.78 is 0. The minimum absolute atomic E-state index is 0.156. The van der Waals surface area contributed by atoms with Crippen LogP contribution in [-0.2, 0) is 12.8 Å². The summed E-state index contributed by atoms with van der Waals surface area (Å²) in [5.41, 5.74) is 2.62.